The van der Waals surface area contributed by atoms with E-state index in [1.54, 1.807) is 0 Å². The third kappa shape index (κ3) is 5.70. The average molecular weight is 229 g/mol. The third-order valence-corrected chi connectivity index (χ3v) is 2.48. The highest BCUT2D eigenvalue weighted by atomic mass is 16.6. The quantitative estimate of drug-likeness (QED) is 0.492. The van der Waals surface area contributed by atoms with Gasteiger partial charge in [-0.1, -0.05) is 0 Å². The molecule has 0 amide bonds. The zero-order valence-electron chi connectivity index (χ0n) is 9.74. The Morgan fingerprint density at radius 2 is 1.75 bits per heavy atom. The lowest BCUT2D eigenvalue weighted by atomic mass is 10.4. The topological polar surface area (TPSA) is 55.8 Å². The number of carbonyl (C=O) groups is 2. The summed E-state index contributed by atoms with van der Waals surface area (Å²) in [6.45, 7) is 4.56. The lowest BCUT2D eigenvalue weighted by Crippen LogP contribution is -2.24. The van der Waals surface area contributed by atoms with E-state index in [2.05, 4.69) is 9.64 Å². The number of carbonyl (C=O) groups excluding carboxylic acids is 2. The summed E-state index contributed by atoms with van der Waals surface area (Å²) in [5.41, 5.74) is 0. The molecule has 5 nitrogen and oxygen atoms in total. The molecule has 0 aromatic carbocycles. The fraction of sp³-hybridized carbons (Fsp3) is 0.818. The van der Waals surface area contributed by atoms with Crippen LogP contribution in [0, 0.1) is 0 Å². The lowest BCUT2D eigenvalue weighted by molar-refractivity contribution is -0.151. The van der Waals surface area contributed by atoms with E-state index < -0.39 is 0 Å². The molecule has 0 aromatic rings. The van der Waals surface area contributed by atoms with Gasteiger partial charge in [0.1, 0.15) is 13.2 Å². The van der Waals surface area contributed by atoms with Gasteiger partial charge in [0.25, 0.3) is 0 Å². The van der Waals surface area contributed by atoms with E-state index in [0.29, 0.717) is 6.42 Å². The van der Waals surface area contributed by atoms with Gasteiger partial charge in [-0.2, -0.15) is 0 Å². The molecule has 1 fully saturated rings. The molecule has 1 saturated heterocycles. The fourth-order valence-corrected chi connectivity index (χ4v) is 1.67. The van der Waals surface area contributed by atoms with Crippen LogP contribution >= 0.6 is 0 Å². The minimum Gasteiger partial charge on any atom is -0.462 e. The molecule has 0 unspecified atom stereocenters. The Labute approximate surface area is 95.7 Å². The maximum absolute atomic E-state index is 11.3. The van der Waals surface area contributed by atoms with E-state index in [1.165, 1.54) is 19.8 Å². The summed E-state index contributed by atoms with van der Waals surface area (Å²) in [7, 11) is 0. The van der Waals surface area contributed by atoms with Gasteiger partial charge in [-0.15, -0.1) is 0 Å². The van der Waals surface area contributed by atoms with Crippen LogP contribution in [0.3, 0.4) is 0 Å². The molecule has 1 heterocycles. The summed E-state index contributed by atoms with van der Waals surface area (Å²) in [5.74, 6) is -0.577. The standard InChI is InChI=1S/C11H19NO4/c1-10(13)15-8-9-16-11(14)4-7-12-5-2-3-6-12/h2-9H2,1H3. The van der Waals surface area contributed by atoms with Gasteiger partial charge in [0, 0.05) is 13.5 Å². The Bertz CT molecular complexity index is 236. The second kappa shape index (κ2) is 7.22. The van der Waals surface area contributed by atoms with E-state index >= 15 is 0 Å². The molecule has 0 atom stereocenters. The highest BCUT2D eigenvalue weighted by Crippen LogP contribution is 2.07. The molecule has 0 saturated carbocycles. The predicted octanol–water partition coefficient (Wildman–Crippen LogP) is 0.579. The highest BCUT2D eigenvalue weighted by molar-refractivity contribution is 5.69. The molecule has 1 aliphatic rings. The Kier molecular flexibility index (Phi) is 5.85. The summed E-state index contributed by atoms with van der Waals surface area (Å²) in [5, 5.41) is 0. The van der Waals surface area contributed by atoms with Crippen LogP contribution < -0.4 is 0 Å². The number of ether oxygens (including phenoxy) is 2. The van der Waals surface area contributed by atoms with Crippen LogP contribution in [0.2, 0.25) is 0 Å². The molecule has 5 heteroatoms. The van der Waals surface area contributed by atoms with Crippen molar-refractivity contribution in [3.8, 4) is 0 Å². The van der Waals surface area contributed by atoms with Crippen LogP contribution in [-0.4, -0.2) is 49.7 Å². The van der Waals surface area contributed by atoms with Crippen molar-refractivity contribution in [2.24, 2.45) is 0 Å². The second-order valence-corrected chi connectivity index (χ2v) is 3.86. The van der Waals surface area contributed by atoms with Crippen molar-refractivity contribution in [2.45, 2.75) is 26.2 Å². The van der Waals surface area contributed by atoms with Crippen LogP contribution in [0.5, 0.6) is 0 Å². The van der Waals surface area contributed by atoms with Gasteiger partial charge in [0.05, 0.1) is 6.42 Å². The molecule has 0 bridgehead atoms. The van der Waals surface area contributed by atoms with Crippen molar-refractivity contribution in [3.05, 3.63) is 0 Å². The minimum absolute atomic E-state index is 0.144. The van der Waals surface area contributed by atoms with Gasteiger partial charge in [-0.25, -0.2) is 0 Å². The monoisotopic (exact) mass is 229 g/mol. The molecule has 0 radical (unpaired) electrons. The van der Waals surface area contributed by atoms with Crippen LogP contribution in [0.15, 0.2) is 0 Å². The first kappa shape index (κ1) is 13.0. The lowest BCUT2D eigenvalue weighted by Gasteiger charge is -2.13. The SMILES string of the molecule is CC(=O)OCCOC(=O)CCN1CCCC1. The van der Waals surface area contributed by atoms with Crippen LogP contribution in [0.4, 0.5) is 0 Å². The number of hydrogen-bond acceptors (Lipinski definition) is 5. The molecule has 1 aliphatic heterocycles. The van der Waals surface area contributed by atoms with Gasteiger partial charge in [0.15, 0.2) is 0 Å². The Balaban J connectivity index is 1.95. The normalized spacial score (nSPS) is 16.1. The molecule has 16 heavy (non-hydrogen) atoms. The third-order valence-electron chi connectivity index (χ3n) is 2.48. The van der Waals surface area contributed by atoms with Crippen molar-refractivity contribution in [1.82, 2.24) is 4.90 Å². The zero-order valence-corrected chi connectivity index (χ0v) is 9.74. The Morgan fingerprint density at radius 1 is 1.12 bits per heavy atom. The van der Waals surface area contributed by atoms with Gasteiger partial charge in [-0.3, -0.25) is 9.59 Å². The smallest absolute Gasteiger partial charge is 0.307 e. The van der Waals surface area contributed by atoms with Crippen molar-refractivity contribution < 1.29 is 19.1 Å². The first-order valence-corrected chi connectivity index (χ1v) is 5.70. The number of nitrogens with zero attached hydrogens (tertiary/aromatic N) is 1. The Morgan fingerprint density at radius 3 is 2.38 bits per heavy atom. The Hall–Kier alpha value is -1.10. The van der Waals surface area contributed by atoms with Crippen molar-refractivity contribution in [3.63, 3.8) is 0 Å². The highest BCUT2D eigenvalue weighted by Gasteiger charge is 2.13. The molecule has 0 aliphatic carbocycles. The van der Waals surface area contributed by atoms with E-state index in [-0.39, 0.29) is 25.2 Å². The predicted molar refractivity (Wildman–Crippen MR) is 57.9 cm³/mol. The van der Waals surface area contributed by atoms with Crippen LogP contribution in [0.25, 0.3) is 0 Å². The number of esters is 2. The fourth-order valence-electron chi connectivity index (χ4n) is 1.67. The molecule has 0 spiro atoms. The molecule has 1 rings (SSSR count). The number of rotatable bonds is 6. The van der Waals surface area contributed by atoms with E-state index in [4.69, 9.17) is 4.74 Å². The molecule has 92 valence electrons. The van der Waals surface area contributed by atoms with Crippen LogP contribution in [-0.2, 0) is 19.1 Å². The summed E-state index contributed by atoms with van der Waals surface area (Å²) in [4.78, 5) is 23.9. The molecule has 0 N–H and O–H groups in total. The van der Waals surface area contributed by atoms with Gasteiger partial charge in [-0.05, 0) is 25.9 Å². The first-order valence-electron chi connectivity index (χ1n) is 5.70. The van der Waals surface area contributed by atoms with E-state index in [9.17, 15) is 9.59 Å². The number of likely N-dealkylation sites (tertiary alicyclic amines) is 1. The van der Waals surface area contributed by atoms with Crippen molar-refractivity contribution in [1.29, 1.82) is 0 Å². The van der Waals surface area contributed by atoms with Crippen LogP contribution in [0.1, 0.15) is 26.2 Å². The van der Waals surface area contributed by atoms with Crippen molar-refractivity contribution in [2.75, 3.05) is 32.8 Å². The zero-order chi connectivity index (χ0) is 11.8. The maximum atomic E-state index is 11.3. The minimum atomic E-state index is -0.354. The second-order valence-electron chi connectivity index (χ2n) is 3.86. The molecular formula is C11H19NO4. The maximum Gasteiger partial charge on any atom is 0.307 e. The van der Waals surface area contributed by atoms with E-state index in [0.717, 1.165) is 19.6 Å². The summed E-state index contributed by atoms with van der Waals surface area (Å²) in [6.07, 6.45) is 2.86. The van der Waals surface area contributed by atoms with Gasteiger partial charge < -0.3 is 14.4 Å². The summed E-state index contributed by atoms with van der Waals surface area (Å²) in [6, 6.07) is 0. The summed E-state index contributed by atoms with van der Waals surface area (Å²) < 4.78 is 9.55. The van der Waals surface area contributed by atoms with Gasteiger partial charge >= 0.3 is 11.9 Å². The van der Waals surface area contributed by atoms with Crippen molar-refractivity contribution >= 4 is 11.9 Å². The number of hydrogen-bond donors (Lipinski definition) is 0. The summed E-state index contributed by atoms with van der Waals surface area (Å²) >= 11 is 0. The largest absolute Gasteiger partial charge is 0.462 e. The van der Waals surface area contributed by atoms with Gasteiger partial charge in [0.2, 0.25) is 0 Å². The first-order chi connectivity index (χ1) is 7.68. The molecular weight excluding hydrogens is 210 g/mol. The average Bonchev–Trinajstić information content (AvgIpc) is 2.74. The molecule has 0 aromatic heterocycles. The van der Waals surface area contributed by atoms with E-state index in [1.807, 2.05) is 0 Å².